The van der Waals surface area contributed by atoms with Gasteiger partial charge < -0.3 is 0 Å². The molecule has 12 heavy (non-hydrogen) atoms. The van der Waals surface area contributed by atoms with Gasteiger partial charge in [0.1, 0.15) is 19.6 Å². The summed E-state index contributed by atoms with van der Waals surface area (Å²) in [5.74, 6) is 0. The van der Waals surface area contributed by atoms with Crippen LogP contribution in [0.15, 0.2) is 12.7 Å². The van der Waals surface area contributed by atoms with Crippen molar-refractivity contribution in [2.75, 3.05) is 19.6 Å². The molecule has 0 aliphatic heterocycles. The Morgan fingerprint density at radius 2 is 1.67 bits per heavy atom. The van der Waals surface area contributed by atoms with E-state index in [-0.39, 0.29) is 4.71 Å². The van der Waals surface area contributed by atoms with Crippen LogP contribution in [0.2, 0.25) is 0 Å². The maximum absolute atomic E-state index is 13.9. The molecule has 1 nitrogen and oxygen atoms in total. The summed E-state index contributed by atoms with van der Waals surface area (Å²) in [6.45, 7) is 9.52. The third kappa shape index (κ3) is 4.50. The first kappa shape index (κ1) is 11.6. The van der Waals surface area contributed by atoms with E-state index >= 15 is 0 Å². The van der Waals surface area contributed by atoms with Crippen molar-refractivity contribution >= 4 is 0 Å². The molecule has 0 aromatic carbocycles. The lowest BCUT2D eigenvalue weighted by Gasteiger charge is -2.24. The van der Waals surface area contributed by atoms with Crippen LogP contribution in [0.4, 0.5) is 4.48 Å². The summed E-state index contributed by atoms with van der Waals surface area (Å²) in [6.07, 6.45) is 4.38. The molecule has 0 bridgehead atoms. The molecule has 0 saturated heterocycles. The van der Waals surface area contributed by atoms with E-state index in [0.717, 1.165) is 19.3 Å². The van der Waals surface area contributed by atoms with Gasteiger partial charge in [0.25, 0.3) is 0 Å². The molecule has 0 aliphatic rings. The average Bonchev–Trinajstić information content (AvgIpc) is 2.02. The first-order valence-electron chi connectivity index (χ1n) is 4.85. The molecule has 0 amide bonds. The summed E-state index contributed by atoms with van der Waals surface area (Å²) < 4.78 is 13.6. The molecule has 0 N–H and O–H groups in total. The summed E-state index contributed by atoms with van der Waals surface area (Å²) in [4.78, 5) is 0. The second-order valence-electron chi connectivity index (χ2n) is 3.28. The van der Waals surface area contributed by atoms with Crippen molar-refractivity contribution in [2.24, 2.45) is 0 Å². The van der Waals surface area contributed by atoms with Crippen LogP contribution in [-0.4, -0.2) is 24.3 Å². The van der Waals surface area contributed by atoms with Gasteiger partial charge in [-0.3, -0.25) is 0 Å². The summed E-state index contributed by atoms with van der Waals surface area (Å²) in [5, 5.41) is 0. The zero-order valence-corrected chi connectivity index (χ0v) is 8.35. The van der Waals surface area contributed by atoms with E-state index in [1.54, 1.807) is 6.08 Å². The molecule has 0 aromatic heterocycles. The number of nitrogens with zero attached hydrogens (tertiary/aromatic N) is 1. The number of rotatable bonds is 7. The van der Waals surface area contributed by atoms with Crippen LogP contribution in [-0.2, 0) is 0 Å². The predicted molar refractivity (Wildman–Crippen MR) is 51.4 cm³/mol. The summed E-state index contributed by atoms with van der Waals surface area (Å²) >= 11 is 0. The Morgan fingerprint density at radius 1 is 1.17 bits per heavy atom. The second kappa shape index (κ2) is 6.18. The lowest BCUT2D eigenvalue weighted by molar-refractivity contribution is -1.06. The van der Waals surface area contributed by atoms with Crippen LogP contribution in [0.5, 0.6) is 0 Å². The number of hydrogen-bond donors (Lipinski definition) is 0. The number of quaternary nitrogens is 1. The molecule has 0 spiro atoms. The summed E-state index contributed by atoms with van der Waals surface area (Å²) in [5.41, 5.74) is 0. The highest BCUT2D eigenvalue weighted by Crippen LogP contribution is 2.12. The maximum atomic E-state index is 13.9. The summed E-state index contributed by atoms with van der Waals surface area (Å²) in [7, 11) is 0. The smallest absolute Gasteiger partial charge is 0.118 e. The monoisotopic (exact) mass is 174 g/mol. The van der Waals surface area contributed by atoms with Crippen LogP contribution in [0, 0.1) is 0 Å². The Labute approximate surface area is 75.4 Å². The van der Waals surface area contributed by atoms with E-state index in [1.165, 1.54) is 0 Å². The fourth-order valence-corrected chi connectivity index (χ4v) is 1.46. The molecule has 0 aliphatic carbocycles. The molecular formula is C10H21FN+. The van der Waals surface area contributed by atoms with Crippen molar-refractivity contribution in [3.05, 3.63) is 12.7 Å². The molecule has 2 heteroatoms. The van der Waals surface area contributed by atoms with Crippen molar-refractivity contribution < 1.29 is 9.19 Å². The van der Waals surface area contributed by atoms with Gasteiger partial charge in [0.05, 0.1) is 0 Å². The normalized spacial score (nSPS) is 11.6. The molecule has 0 heterocycles. The Balaban J connectivity index is 3.88. The highest BCUT2D eigenvalue weighted by molar-refractivity contribution is 4.64. The first-order chi connectivity index (χ1) is 5.68. The molecule has 0 fully saturated rings. The van der Waals surface area contributed by atoms with Crippen LogP contribution in [0.25, 0.3) is 0 Å². The van der Waals surface area contributed by atoms with E-state index in [1.807, 2.05) is 13.8 Å². The standard InChI is InChI=1S/C10H21FN/c1-4-7-10-12(11,8-5-2)9-6-3/h4H,1,5-10H2,2-3H3/q+1. The second-order valence-corrected chi connectivity index (χ2v) is 3.28. The largest absolute Gasteiger partial charge is 0.130 e. The van der Waals surface area contributed by atoms with Crippen LogP contribution in [0.3, 0.4) is 0 Å². The third-order valence-corrected chi connectivity index (χ3v) is 1.98. The van der Waals surface area contributed by atoms with Crippen LogP contribution >= 0.6 is 0 Å². The first-order valence-corrected chi connectivity index (χ1v) is 4.85. The minimum Gasteiger partial charge on any atom is -0.130 e. The van der Waals surface area contributed by atoms with Crippen molar-refractivity contribution in [3.63, 3.8) is 0 Å². The number of hydrogen-bond acceptors (Lipinski definition) is 0. The maximum Gasteiger partial charge on any atom is 0.118 e. The predicted octanol–water partition coefficient (Wildman–Crippen LogP) is 3.08. The van der Waals surface area contributed by atoms with E-state index in [0.29, 0.717) is 19.6 Å². The SMILES string of the molecule is C=CCC[N+](F)(CCC)CCC. The van der Waals surface area contributed by atoms with Crippen molar-refractivity contribution in [3.8, 4) is 0 Å². The van der Waals surface area contributed by atoms with Gasteiger partial charge in [0, 0.05) is 6.42 Å². The van der Waals surface area contributed by atoms with Gasteiger partial charge >= 0.3 is 0 Å². The van der Waals surface area contributed by atoms with E-state index in [9.17, 15) is 4.48 Å². The van der Waals surface area contributed by atoms with Crippen LogP contribution in [0.1, 0.15) is 33.1 Å². The molecule has 0 atom stereocenters. The lowest BCUT2D eigenvalue weighted by Crippen LogP contribution is -2.41. The minimum atomic E-state index is -0.279. The zero-order chi connectivity index (χ0) is 9.45. The molecule has 0 rings (SSSR count). The molecule has 0 aromatic rings. The van der Waals surface area contributed by atoms with Gasteiger partial charge in [-0.15, -0.1) is 11.3 Å². The Morgan fingerprint density at radius 3 is 2.00 bits per heavy atom. The van der Waals surface area contributed by atoms with Gasteiger partial charge in [-0.25, -0.2) is 0 Å². The Bertz CT molecular complexity index is 117. The van der Waals surface area contributed by atoms with Crippen LogP contribution < -0.4 is 0 Å². The number of halogens is 1. The Hall–Kier alpha value is -0.370. The van der Waals surface area contributed by atoms with Gasteiger partial charge in [0.2, 0.25) is 0 Å². The van der Waals surface area contributed by atoms with Crippen molar-refractivity contribution in [1.82, 2.24) is 0 Å². The highest BCUT2D eigenvalue weighted by Gasteiger charge is 2.24. The molecule has 0 radical (unpaired) electrons. The van der Waals surface area contributed by atoms with Gasteiger partial charge in [0.15, 0.2) is 0 Å². The van der Waals surface area contributed by atoms with Crippen molar-refractivity contribution in [2.45, 2.75) is 33.1 Å². The van der Waals surface area contributed by atoms with E-state index < -0.39 is 0 Å². The highest BCUT2D eigenvalue weighted by atomic mass is 19.2. The Kier molecular flexibility index (Phi) is 5.99. The van der Waals surface area contributed by atoms with Gasteiger partial charge in [-0.2, -0.15) is 0 Å². The third-order valence-electron chi connectivity index (χ3n) is 1.98. The average molecular weight is 174 g/mol. The topological polar surface area (TPSA) is 0 Å². The summed E-state index contributed by atoms with van der Waals surface area (Å²) in [6, 6.07) is 0. The van der Waals surface area contributed by atoms with E-state index in [4.69, 9.17) is 0 Å². The lowest BCUT2D eigenvalue weighted by atomic mass is 10.3. The zero-order valence-electron chi connectivity index (χ0n) is 8.35. The van der Waals surface area contributed by atoms with E-state index in [2.05, 4.69) is 6.58 Å². The quantitative estimate of drug-likeness (QED) is 0.411. The van der Waals surface area contributed by atoms with Gasteiger partial charge in [-0.05, 0) is 17.3 Å². The fourth-order valence-electron chi connectivity index (χ4n) is 1.46. The molecular weight excluding hydrogens is 153 g/mol. The fraction of sp³-hybridized carbons (Fsp3) is 0.800. The van der Waals surface area contributed by atoms with Crippen molar-refractivity contribution in [1.29, 1.82) is 0 Å². The molecule has 0 unspecified atom stereocenters. The minimum absolute atomic E-state index is 0.279. The molecule has 0 saturated carbocycles. The van der Waals surface area contributed by atoms with Gasteiger partial charge in [-0.1, -0.05) is 19.9 Å². The molecule has 72 valence electrons.